The van der Waals surface area contributed by atoms with Crippen molar-refractivity contribution in [2.45, 2.75) is 34.1 Å². The highest BCUT2D eigenvalue weighted by Crippen LogP contribution is 2.23. The first-order valence-corrected chi connectivity index (χ1v) is 10.1. The van der Waals surface area contributed by atoms with Crippen LogP contribution in [0.2, 0.25) is 0 Å². The van der Waals surface area contributed by atoms with E-state index >= 15 is 0 Å². The first-order valence-electron chi connectivity index (χ1n) is 10.1. The number of nitrogens with zero attached hydrogens (tertiary/aromatic N) is 1. The number of carboxylic acid groups (broad SMARTS) is 1. The van der Waals surface area contributed by atoms with Gasteiger partial charge in [-0.1, -0.05) is 13.8 Å². The second-order valence-corrected chi connectivity index (χ2v) is 6.02. The Morgan fingerprint density at radius 2 is 1.71 bits per heavy atom. The van der Waals surface area contributed by atoms with Crippen LogP contribution in [-0.4, -0.2) is 41.5 Å². The molecule has 1 aromatic carbocycles. The molecule has 2 heterocycles. The number of aliphatic hydroxyl groups is 1. The van der Waals surface area contributed by atoms with Crippen LogP contribution in [0.15, 0.2) is 53.1 Å². The lowest BCUT2D eigenvalue weighted by Crippen LogP contribution is -2.01. The molecule has 2 aromatic heterocycles. The molecule has 0 amide bonds. The predicted molar refractivity (Wildman–Crippen MR) is 120 cm³/mol. The molecule has 0 spiro atoms. The number of aromatic carboxylic acids is 1. The van der Waals surface area contributed by atoms with Crippen LogP contribution < -0.4 is 9.47 Å². The minimum Gasteiger partial charge on any atom is -0.495 e. The predicted octanol–water partition coefficient (Wildman–Crippen LogP) is 5.00. The average Bonchev–Trinajstić information content (AvgIpc) is 3.17. The van der Waals surface area contributed by atoms with E-state index in [1.807, 2.05) is 50.2 Å². The summed E-state index contributed by atoms with van der Waals surface area (Å²) in [7, 11) is 1.61. The third-order valence-corrected chi connectivity index (χ3v) is 3.99. The van der Waals surface area contributed by atoms with Gasteiger partial charge in [-0.25, -0.2) is 4.79 Å². The third kappa shape index (κ3) is 8.14. The summed E-state index contributed by atoms with van der Waals surface area (Å²) in [6, 6.07) is 12.9. The average molecular weight is 430 g/mol. The number of rotatable bonds is 7. The third-order valence-electron chi connectivity index (χ3n) is 3.99. The van der Waals surface area contributed by atoms with Crippen LogP contribution in [0.3, 0.4) is 0 Å². The Balaban J connectivity index is 0.000000884. The van der Waals surface area contributed by atoms with E-state index in [0.717, 1.165) is 22.6 Å². The molecule has 7 nitrogen and oxygen atoms in total. The number of methoxy groups -OCH3 is 1. The molecule has 2 N–H and O–H groups in total. The summed E-state index contributed by atoms with van der Waals surface area (Å²) in [6.07, 6.45) is 2.25. The maximum absolute atomic E-state index is 10.9. The molecule has 0 aliphatic rings. The highest BCUT2D eigenvalue weighted by molar-refractivity contribution is 5.84. The monoisotopic (exact) mass is 429 g/mol. The van der Waals surface area contributed by atoms with Gasteiger partial charge in [-0.15, -0.1) is 0 Å². The summed E-state index contributed by atoms with van der Waals surface area (Å²) in [5.41, 5.74) is 2.67. The van der Waals surface area contributed by atoms with Gasteiger partial charge >= 0.3 is 5.97 Å². The molecule has 3 aromatic rings. The molecule has 3 rings (SSSR count). The molecule has 0 saturated carbocycles. The quantitative estimate of drug-likeness (QED) is 0.545. The summed E-state index contributed by atoms with van der Waals surface area (Å²) in [5, 5.41) is 16.5. The molecule has 0 saturated heterocycles. The lowest BCUT2D eigenvalue weighted by molar-refractivity contribution is 0.0661. The minimum absolute atomic E-state index is 0.0474. The summed E-state index contributed by atoms with van der Waals surface area (Å²) >= 11 is 0. The fourth-order valence-electron chi connectivity index (χ4n) is 2.55. The van der Waals surface area contributed by atoms with Crippen molar-refractivity contribution >= 4 is 5.97 Å². The number of aryl methyl sites for hydroxylation is 1. The van der Waals surface area contributed by atoms with E-state index < -0.39 is 5.97 Å². The number of benzene rings is 1. The van der Waals surface area contributed by atoms with Gasteiger partial charge in [0.05, 0.1) is 25.6 Å². The molecule has 0 aliphatic heterocycles. The first-order chi connectivity index (χ1) is 15.0. The van der Waals surface area contributed by atoms with Crippen LogP contribution >= 0.6 is 0 Å². The van der Waals surface area contributed by atoms with E-state index in [-0.39, 0.29) is 12.4 Å². The molecule has 0 atom stereocenters. The summed E-state index contributed by atoms with van der Waals surface area (Å²) in [4.78, 5) is 15.3. The largest absolute Gasteiger partial charge is 0.495 e. The van der Waals surface area contributed by atoms with Gasteiger partial charge in [0, 0.05) is 18.6 Å². The fraction of sp³-hybridized carbons (Fsp3) is 0.333. The molecular weight excluding hydrogens is 398 g/mol. The zero-order chi connectivity index (χ0) is 23.2. The van der Waals surface area contributed by atoms with E-state index in [1.165, 1.54) is 0 Å². The minimum atomic E-state index is -1.07. The zero-order valence-electron chi connectivity index (χ0n) is 18.7. The van der Waals surface area contributed by atoms with Crippen molar-refractivity contribution < 1.29 is 28.9 Å². The maximum Gasteiger partial charge on any atom is 0.371 e. The van der Waals surface area contributed by atoms with E-state index in [2.05, 4.69) is 4.98 Å². The highest BCUT2D eigenvalue weighted by atomic mass is 16.5. The topological polar surface area (TPSA) is 102 Å². The van der Waals surface area contributed by atoms with Crippen LogP contribution in [0.4, 0.5) is 0 Å². The Kier molecular flexibility index (Phi) is 11.5. The van der Waals surface area contributed by atoms with Crippen molar-refractivity contribution in [2.24, 2.45) is 0 Å². The Morgan fingerprint density at radius 1 is 1.10 bits per heavy atom. The number of hydrogen-bond acceptors (Lipinski definition) is 6. The normalized spacial score (nSPS) is 9.61. The number of carbonyl (C=O) groups is 1. The second-order valence-electron chi connectivity index (χ2n) is 6.02. The number of furan rings is 1. The molecule has 0 unspecified atom stereocenters. The summed E-state index contributed by atoms with van der Waals surface area (Å²) in [5.74, 6) is 0.944. The van der Waals surface area contributed by atoms with Crippen molar-refractivity contribution in [1.29, 1.82) is 0 Å². The van der Waals surface area contributed by atoms with Crippen molar-refractivity contribution in [2.75, 3.05) is 20.3 Å². The summed E-state index contributed by atoms with van der Waals surface area (Å²) in [6.45, 7) is 8.11. The van der Waals surface area contributed by atoms with Gasteiger partial charge in [0.2, 0.25) is 5.76 Å². The van der Waals surface area contributed by atoms with E-state index in [0.29, 0.717) is 24.5 Å². The van der Waals surface area contributed by atoms with Gasteiger partial charge in [-0.05, 0) is 61.9 Å². The van der Waals surface area contributed by atoms with Gasteiger partial charge in [-0.3, -0.25) is 4.98 Å². The number of aromatic nitrogens is 1. The van der Waals surface area contributed by atoms with Crippen LogP contribution in [0.1, 0.15) is 42.6 Å². The number of ether oxygens (including phenoxy) is 2. The lowest BCUT2D eigenvalue weighted by Gasteiger charge is -2.07. The van der Waals surface area contributed by atoms with Crippen molar-refractivity contribution in [3.63, 3.8) is 0 Å². The molecule has 7 heteroatoms. The highest BCUT2D eigenvalue weighted by Gasteiger charge is 2.13. The van der Waals surface area contributed by atoms with Crippen LogP contribution in [0.25, 0.3) is 11.3 Å². The van der Waals surface area contributed by atoms with Crippen LogP contribution in [0.5, 0.6) is 11.5 Å². The van der Waals surface area contributed by atoms with Crippen molar-refractivity contribution in [1.82, 2.24) is 4.98 Å². The molecule has 31 heavy (non-hydrogen) atoms. The van der Waals surface area contributed by atoms with Gasteiger partial charge < -0.3 is 24.1 Å². The van der Waals surface area contributed by atoms with Gasteiger partial charge in [-0.2, -0.15) is 0 Å². The summed E-state index contributed by atoms with van der Waals surface area (Å²) < 4.78 is 16.0. The Bertz CT molecular complexity index is 901. The van der Waals surface area contributed by atoms with E-state index in [4.69, 9.17) is 24.1 Å². The van der Waals surface area contributed by atoms with Gasteiger partial charge in [0.25, 0.3) is 0 Å². The number of hydrogen-bond donors (Lipinski definition) is 2. The Morgan fingerprint density at radius 3 is 2.19 bits per heavy atom. The van der Waals surface area contributed by atoms with Gasteiger partial charge in [0.15, 0.2) is 0 Å². The number of aliphatic hydroxyl groups excluding tert-OH is 1. The Labute approximate surface area is 183 Å². The lowest BCUT2D eigenvalue weighted by atomic mass is 10.1. The van der Waals surface area contributed by atoms with E-state index in [9.17, 15) is 4.79 Å². The molecule has 0 bridgehead atoms. The smallest absolute Gasteiger partial charge is 0.371 e. The number of pyridine rings is 1. The van der Waals surface area contributed by atoms with Crippen LogP contribution in [-0.2, 0) is 6.42 Å². The molecule has 0 aliphatic carbocycles. The van der Waals surface area contributed by atoms with Crippen molar-refractivity contribution in [3.05, 3.63) is 65.7 Å². The second kappa shape index (κ2) is 13.8. The molecule has 0 radical (unpaired) electrons. The van der Waals surface area contributed by atoms with Crippen LogP contribution in [0, 0.1) is 6.92 Å². The molecule has 0 fully saturated rings. The SMILES string of the molecule is CC.CCO.COc1ccc(-c2ccc(OCCc3cc(C(=O)O)oc3C)cc2)nc1. The maximum atomic E-state index is 10.9. The number of carboxylic acids is 1. The van der Waals surface area contributed by atoms with Gasteiger partial charge in [0.1, 0.15) is 17.3 Å². The molecular formula is C24H31NO6. The zero-order valence-corrected chi connectivity index (χ0v) is 18.7. The standard InChI is InChI=1S/C20H19NO5.C2H6O.C2H6/c1-13-15(11-19(26-13)20(22)23)9-10-25-16-5-3-14(4-6-16)18-8-7-17(24-2)12-21-18;1-2-3;1-2/h3-8,11-12H,9-10H2,1-2H3,(H,22,23);3H,2H2,1H3;1-2H3. The Hall–Kier alpha value is -3.32. The van der Waals surface area contributed by atoms with Crippen molar-refractivity contribution in [3.8, 4) is 22.8 Å². The molecule has 168 valence electrons. The first kappa shape index (κ1) is 25.7. The van der Waals surface area contributed by atoms with E-state index in [1.54, 1.807) is 33.2 Å². The fourth-order valence-corrected chi connectivity index (χ4v) is 2.55.